The monoisotopic (exact) mass is 555 g/mol. The number of nitrogens with two attached hydrogens (primary N) is 1. The summed E-state index contributed by atoms with van der Waals surface area (Å²) in [6, 6.07) is 14.8. The van der Waals surface area contributed by atoms with E-state index in [9.17, 15) is 9.59 Å². The molecule has 0 unspecified atom stereocenters. The van der Waals surface area contributed by atoms with Crippen molar-refractivity contribution in [2.45, 2.75) is 17.2 Å². The van der Waals surface area contributed by atoms with Gasteiger partial charge in [0, 0.05) is 23.0 Å². The number of alkyl halides is 2. The highest BCUT2D eigenvalue weighted by Crippen LogP contribution is 2.65. The van der Waals surface area contributed by atoms with Crippen molar-refractivity contribution in [2.75, 3.05) is 16.4 Å². The molecule has 4 N–H and O–H groups in total. The van der Waals surface area contributed by atoms with Crippen LogP contribution in [-0.2, 0) is 4.79 Å². The van der Waals surface area contributed by atoms with Crippen molar-refractivity contribution in [3.63, 3.8) is 0 Å². The highest BCUT2D eigenvalue weighted by atomic mass is 35.5. The van der Waals surface area contributed by atoms with Crippen molar-refractivity contribution in [2.24, 2.45) is 5.92 Å². The number of benzene rings is 3. The predicted octanol–water partition coefficient (Wildman–Crippen LogP) is 7.32. The van der Waals surface area contributed by atoms with Gasteiger partial charge in [-0.15, -0.1) is 23.2 Å². The Hall–Kier alpha value is -2.15. The number of nitrogens with one attached hydrogen (secondary N) is 2. The summed E-state index contributed by atoms with van der Waals surface area (Å²) in [6.07, 6.45) is 0. The van der Waals surface area contributed by atoms with Gasteiger partial charge in [-0.1, -0.05) is 40.9 Å². The molecule has 1 fully saturated rings. The lowest BCUT2D eigenvalue weighted by Gasteiger charge is -2.12. The molecule has 0 spiro atoms. The van der Waals surface area contributed by atoms with Crippen LogP contribution in [0.1, 0.15) is 27.4 Å². The molecule has 1 saturated carbocycles. The molecular weight excluding hydrogens is 540 g/mol. The molecule has 10 heteroatoms. The first-order chi connectivity index (χ1) is 16.0. The molecule has 2 amide bonds. The molecule has 1 aliphatic carbocycles. The van der Waals surface area contributed by atoms with E-state index in [1.165, 1.54) is 12.1 Å². The molecule has 34 heavy (non-hydrogen) atoms. The lowest BCUT2D eigenvalue weighted by atomic mass is 10.1. The number of carbonyl (C=O) groups excluding carboxylic acids is 2. The summed E-state index contributed by atoms with van der Waals surface area (Å²) in [6.45, 7) is 1.83. The average Bonchev–Trinajstić information content (AvgIpc) is 3.35. The molecule has 0 aliphatic heterocycles. The Morgan fingerprint density at radius 2 is 1.59 bits per heavy atom. The van der Waals surface area contributed by atoms with E-state index in [0.29, 0.717) is 32.7 Å². The molecule has 0 saturated heterocycles. The number of anilines is 3. The second-order valence-corrected chi connectivity index (χ2v) is 10.7. The van der Waals surface area contributed by atoms with Crippen molar-refractivity contribution in [1.29, 1.82) is 0 Å². The van der Waals surface area contributed by atoms with E-state index in [1.807, 2.05) is 6.92 Å². The lowest BCUT2D eigenvalue weighted by molar-refractivity contribution is -0.117. The van der Waals surface area contributed by atoms with Crippen LogP contribution in [-0.4, -0.2) is 16.1 Å². The van der Waals surface area contributed by atoms with Gasteiger partial charge in [0.05, 0.1) is 26.5 Å². The van der Waals surface area contributed by atoms with Gasteiger partial charge in [0.2, 0.25) is 5.91 Å². The Labute approximate surface area is 221 Å². The number of nitrogen functional groups attached to an aromatic ring is 1. The zero-order valence-corrected chi connectivity index (χ0v) is 21.4. The van der Waals surface area contributed by atoms with E-state index in [1.54, 1.807) is 42.5 Å². The molecule has 0 radical (unpaired) electrons. The van der Waals surface area contributed by atoms with E-state index >= 15 is 0 Å². The number of hydrogen-bond donors (Lipinski definition) is 3. The third kappa shape index (κ3) is 4.95. The molecule has 3 aromatic rings. The predicted molar refractivity (Wildman–Crippen MR) is 141 cm³/mol. The summed E-state index contributed by atoms with van der Waals surface area (Å²) in [5.74, 6) is -2.02. The normalized spacial score (nSPS) is 18.3. The van der Waals surface area contributed by atoms with E-state index in [2.05, 4.69) is 10.6 Å². The Morgan fingerprint density at radius 3 is 2.26 bits per heavy atom. The van der Waals surface area contributed by atoms with Crippen LogP contribution in [0, 0.1) is 12.8 Å². The van der Waals surface area contributed by atoms with Gasteiger partial charge in [0.25, 0.3) is 5.91 Å². The molecule has 1 aliphatic rings. The van der Waals surface area contributed by atoms with Gasteiger partial charge in [0.1, 0.15) is 4.33 Å². The second kappa shape index (κ2) is 9.48. The summed E-state index contributed by atoms with van der Waals surface area (Å²) in [5, 5.41) is 6.54. The quantitative estimate of drug-likeness (QED) is 0.227. The van der Waals surface area contributed by atoms with E-state index in [4.69, 9.17) is 63.7 Å². The number of aryl methyl sites for hydroxylation is 1. The molecule has 2 atom stereocenters. The van der Waals surface area contributed by atoms with Crippen molar-refractivity contribution >= 4 is 86.9 Å². The maximum atomic E-state index is 13.0. The first kappa shape index (κ1) is 25.0. The van der Waals surface area contributed by atoms with Crippen molar-refractivity contribution in [1.82, 2.24) is 0 Å². The Kier molecular flexibility index (Phi) is 6.96. The number of hydrogen-bond acceptors (Lipinski definition) is 3. The highest BCUT2D eigenvalue weighted by Gasteiger charge is 2.67. The molecule has 4 rings (SSSR count). The third-order valence-electron chi connectivity index (χ3n) is 5.62. The van der Waals surface area contributed by atoms with Crippen LogP contribution in [0.2, 0.25) is 15.1 Å². The molecule has 176 valence electrons. The standard InChI is InChI=1S/C24H18Cl5N3O2/c1-11-8-13(30)3-7-19(11)32-22(33)15-10-14(4-6-16(15)25)31-23(34)21-20(24(21,28)29)12-2-5-17(26)18(27)9-12/h2-10,20-21H,30H2,1H3,(H,31,34)(H,32,33)/t20-,21+/m0/s1. The summed E-state index contributed by atoms with van der Waals surface area (Å²) < 4.78 is -1.31. The number of rotatable bonds is 5. The van der Waals surface area contributed by atoms with Gasteiger partial charge < -0.3 is 16.4 Å². The Morgan fingerprint density at radius 1 is 0.882 bits per heavy atom. The largest absolute Gasteiger partial charge is 0.399 e. The molecule has 3 aromatic carbocycles. The summed E-state index contributed by atoms with van der Waals surface area (Å²) in [7, 11) is 0. The zero-order chi connectivity index (χ0) is 24.8. The molecule has 5 nitrogen and oxygen atoms in total. The average molecular weight is 558 g/mol. The molecule has 0 heterocycles. The topological polar surface area (TPSA) is 84.2 Å². The number of amides is 2. The fraction of sp³-hybridized carbons (Fsp3) is 0.167. The van der Waals surface area contributed by atoms with Gasteiger partial charge in [-0.2, -0.15) is 0 Å². The zero-order valence-electron chi connectivity index (χ0n) is 17.6. The van der Waals surface area contributed by atoms with E-state index in [-0.39, 0.29) is 10.6 Å². The van der Waals surface area contributed by atoms with E-state index in [0.717, 1.165) is 5.56 Å². The molecule has 0 bridgehead atoms. The minimum atomic E-state index is -1.31. The maximum absolute atomic E-state index is 13.0. The molecule has 0 aromatic heterocycles. The van der Waals surface area contributed by atoms with Crippen molar-refractivity contribution < 1.29 is 9.59 Å². The maximum Gasteiger partial charge on any atom is 0.257 e. The number of halogens is 5. The van der Waals surface area contributed by atoms with Crippen LogP contribution < -0.4 is 16.4 Å². The summed E-state index contributed by atoms with van der Waals surface area (Å²) in [4.78, 5) is 25.8. The van der Waals surface area contributed by atoms with Crippen LogP contribution in [0.3, 0.4) is 0 Å². The number of carbonyl (C=O) groups is 2. The third-order valence-corrected chi connectivity index (χ3v) is 7.62. The SMILES string of the molecule is Cc1cc(N)ccc1NC(=O)c1cc(NC(=O)[C@H]2[C@H](c3ccc(Cl)c(Cl)c3)C2(Cl)Cl)ccc1Cl. The van der Waals surface area contributed by atoms with Crippen LogP contribution in [0.15, 0.2) is 54.6 Å². The Balaban J connectivity index is 1.51. The van der Waals surface area contributed by atoms with Gasteiger partial charge >= 0.3 is 0 Å². The second-order valence-electron chi connectivity index (χ2n) is 8.02. The van der Waals surface area contributed by atoms with Crippen LogP contribution in [0.4, 0.5) is 17.1 Å². The summed E-state index contributed by atoms with van der Waals surface area (Å²) in [5.41, 5.74) is 9.02. The van der Waals surface area contributed by atoms with Gasteiger partial charge in [0.15, 0.2) is 0 Å². The van der Waals surface area contributed by atoms with E-state index < -0.39 is 28.0 Å². The van der Waals surface area contributed by atoms with Crippen molar-refractivity contribution in [3.05, 3.63) is 86.4 Å². The van der Waals surface area contributed by atoms with Gasteiger partial charge in [-0.3, -0.25) is 9.59 Å². The highest BCUT2D eigenvalue weighted by molar-refractivity contribution is 6.53. The lowest BCUT2D eigenvalue weighted by Crippen LogP contribution is -2.18. The first-order valence-corrected chi connectivity index (χ1v) is 12.0. The fourth-order valence-corrected chi connectivity index (χ4v) is 5.13. The van der Waals surface area contributed by atoms with Crippen LogP contribution in [0.25, 0.3) is 0 Å². The molecular formula is C24H18Cl5N3O2. The van der Waals surface area contributed by atoms with Crippen LogP contribution >= 0.6 is 58.0 Å². The smallest absolute Gasteiger partial charge is 0.257 e. The minimum Gasteiger partial charge on any atom is -0.399 e. The minimum absolute atomic E-state index is 0.190. The van der Waals surface area contributed by atoms with Crippen molar-refractivity contribution in [3.8, 4) is 0 Å². The summed E-state index contributed by atoms with van der Waals surface area (Å²) >= 11 is 31.2. The fourth-order valence-electron chi connectivity index (χ4n) is 3.79. The van der Waals surface area contributed by atoms with Crippen LogP contribution in [0.5, 0.6) is 0 Å². The first-order valence-electron chi connectivity index (χ1n) is 10.1. The van der Waals surface area contributed by atoms with Gasteiger partial charge in [-0.25, -0.2) is 0 Å². The Bertz CT molecular complexity index is 1310. The van der Waals surface area contributed by atoms with Gasteiger partial charge in [-0.05, 0) is 66.6 Å².